The number of rotatable bonds is 9. The van der Waals surface area contributed by atoms with Gasteiger partial charge in [-0.2, -0.15) is 0 Å². The van der Waals surface area contributed by atoms with Crippen LogP contribution < -0.4 is 5.32 Å². The van der Waals surface area contributed by atoms with Crippen molar-refractivity contribution in [3.63, 3.8) is 0 Å². The van der Waals surface area contributed by atoms with E-state index in [9.17, 15) is 4.79 Å². The molecule has 4 heteroatoms. The van der Waals surface area contributed by atoms with Crippen LogP contribution in [-0.4, -0.2) is 32.8 Å². The van der Waals surface area contributed by atoms with Gasteiger partial charge in [-0.15, -0.1) is 0 Å². The molecule has 0 fully saturated rings. The Bertz CT molecular complexity index is 394. The number of ether oxygens (including phenoxy) is 2. The van der Waals surface area contributed by atoms with Crippen LogP contribution in [0.5, 0.6) is 0 Å². The van der Waals surface area contributed by atoms with E-state index >= 15 is 0 Å². The summed E-state index contributed by atoms with van der Waals surface area (Å²) in [6.07, 6.45) is 2.05. The molecular weight excluding hydrogens is 254 g/mol. The fraction of sp³-hybridized carbons (Fsp3) is 0.562. The third kappa shape index (κ3) is 4.05. The topological polar surface area (TPSA) is 47.6 Å². The standard InChI is InChI=1S/C16H25NO3/c1-4-6-12-19-13-16(17-3,15(18)20-5-2)14-10-8-7-9-11-14/h7-11,17H,4-6,12-13H2,1-3H3. The lowest BCUT2D eigenvalue weighted by molar-refractivity contribution is -0.154. The molecule has 1 atom stereocenters. The van der Waals surface area contributed by atoms with Crippen molar-refractivity contribution in [3.05, 3.63) is 35.9 Å². The van der Waals surface area contributed by atoms with Gasteiger partial charge in [0, 0.05) is 6.61 Å². The highest BCUT2D eigenvalue weighted by Crippen LogP contribution is 2.23. The van der Waals surface area contributed by atoms with Crippen molar-refractivity contribution in [2.75, 3.05) is 26.9 Å². The van der Waals surface area contributed by atoms with Crippen molar-refractivity contribution in [1.29, 1.82) is 0 Å². The van der Waals surface area contributed by atoms with Gasteiger partial charge in [0.25, 0.3) is 0 Å². The molecule has 4 nitrogen and oxygen atoms in total. The molecule has 0 heterocycles. The Hall–Kier alpha value is -1.39. The molecule has 0 aliphatic rings. The van der Waals surface area contributed by atoms with E-state index in [1.165, 1.54) is 0 Å². The number of hydrogen-bond donors (Lipinski definition) is 1. The molecule has 0 amide bonds. The molecule has 1 unspecified atom stereocenters. The van der Waals surface area contributed by atoms with Crippen LogP contribution >= 0.6 is 0 Å². The zero-order chi connectivity index (χ0) is 14.8. The second-order valence-corrected chi connectivity index (χ2v) is 4.65. The van der Waals surface area contributed by atoms with Crippen molar-refractivity contribution in [2.24, 2.45) is 0 Å². The quantitative estimate of drug-likeness (QED) is 0.557. The SMILES string of the molecule is CCCCOCC(NC)(C(=O)OCC)c1ccccc1. The summed E-state index contributed by atoms with van der Waals surface area (Å²) in [5.41, 5.74) is -0.0807. The molecule has 20 heavy (non-hydrogen) atoms. The molecule has 0 radical (unpaired) electrons. The molecular formula is C16H25NO3. The smallest absolute Gasteiger partial charge is 0.333 e. The van der Waals surface area contributed by atoms with Crippen LogP contribution in [0.25, 0.3) is 0 Å². The molecule has 0 aromatic heterocycles. The molecule has 1 aromatic carbocycles. The molecule has 0 bridgehead atoms. The molecule has 1 rings (SSSR count). The van der Waals surface area contributed by atoms with E-state index in [2.05, 4.69) is 12.2 Å². The second kappa shape index (κ2) is 8.72. The second-order valence-electron chi connectivity index (χ2n) is 4.65. The highest BCUT2D eigenvalue weighted by atomic mass is 16.5. The minimum Gasteiger partial charge on any atom is -0.464 e. The number of benzene rings is 1. The summed E-state index contributed by atoms with van der Waals surface area (Å²) in [6.45, 7) is 5.18. The van der Waals surface area contributed by atoms with E-state index < -0.39 is 5.54 Å². The van der Waals surface area contributed by atoms with Crippen molar-refractivity contribution in [2.45, 2.75) is 32.2 Å². The van der Waals surface area contributed by atoms with Crippen LogP contribution in [0.4, 0.5) is 0 Å². The number of carbonyl (C=O) groups excluding carboxylic acids is 1. The molecule has 0 spiro atoms. The summed E-state index contributed by atoms with van der Waals surface area (Å²) in [4.78, 5) is 12.4. The lowest BCUT2D eigenvalue weighted by Gasteiger charge is -2.31. The molecule has 0 saturated heterocycles. The zero-order valence-electron chi connectivity index (χ0n) is 12.6. The van der Waals surface area contributed by atoms with Crippen molar-refractivity contribution in [3.8, 4) is 0 Å². The fourth-order valence-electron chi connectivity index (χ4n) is 2.03. The first-order valence-electron chi connectivity index (χ1n) is 7.20. The minimum atomic E-state index is -0.939. The predicted octanol–water partition coefficient (Wildman–Crippen LogP) is 2.48. The minimum absolute atomic E-state index is 0.270. The third-order valence-corrected chi connectivity index (χ3v) is 3.28. The molecule has 0 saturated carbocycles. The van der Waals surface area contributed by atoms with Crippen LogP contribution in [0.15, 0.2) is 30.3 Å². The third-order valence-electron chi connectivity index (χ3n) is 3.28. The summed E-state index contributed by atoms with van der Waals surface area (Å²) >= 11 is 0. The number of carbonyl (C=O) groups is 1. The Morgan fingerprint density at radius 1 is 1.25 bits per heavy atom. The monoisotopic (exact) mass is 279 g/mol. The Balaban J connectivity index is 2.94. The fourth-order valence-corrected chi connectivity index (χ4v) is 2.03. The molecule has 0 aliphatic heterocycles. The van der Waals surface area contributed by atoms with Gasteiger partial charge in [-0.05, 0) is 26.0 Å². The van der Waals surface area contributed by atoms with E-state index in [4.69, 9.17) is 9.47 Å². The van der Waals surface area contributed by atoms with Crippen molar-refractivity contribution < 1.29 is 14.3 Å². The van der Waals surface area contributed by atoms with E-state index in [-0.39, 0.29) is 12.6 Å². The molecule has 0 aliphatic carbocycles. The Morgan fingerprint density at radius 2 is 1.95 bits per heavy atom. The zero-order valence-corrected chi connectivity index (χ0v) is 12.6. The van der Waals surface area contributed by atoms with Gasteiger partial charge in [0.2, 0.25) is 0 Å². The summed E-state index contributed by atoms with van der Waals surface area (Å²) in [5, 5.41) is 3.09. The van der Waals surface area contributed by atoms with E-state index in [0.717, 1.165) is 18.4 Å². The highest BCUT2D eigenvalue weighted by Gasteiger charge is 2.40. The highest BCUT2D eigenvalue weighted by molar-refractivity contribution is 5.83. The number of esters is 1. The first-order valence-corrected chi connectivity index (χ1v) is 7.20. The first-order chi connectivity index (χ1) is 9.71. The van der Waals surface area contributed by atoms with Gasteiger partial charge in [-0.25, -0.2) is 4.79 Å². The maximum atomic E-state index is 12.4. The summed E-state index contributed by atoms with van der Waals surface area (Å²) < 4.78 is 10.9. The van der Waals surface area contributed by atoms with E-state index in [1.54, 1.807) is 14.0 Å². The summed E-state index contributed by atoms with van der Waals surface area (Å²) in [5.74, 6) is -0.301. The van der Waals surface area contributed by atoms with Crippen LogP contribution in [0.2, 0.25) is 0 Å². The number of hydrogen-bond acceptors (Lipinski definition) is 4. The maximum Gasteiger partial charge on any atom is 0.333 e. The van der Waals surface area contributed by atoms with Gasteiger partial charge in [-0.1, -0.05) is 43.7 Å². The van der Waals surface area contributed by atoms with Crippen molar-refractivity contribution in [1.82, 2.24) is 5.32 Å². The average molecular weight is 279 g/mol. The maximum absolute atomic E-state index is 12.4. The average Bonchev–Trinajstić information content (AvgIpc) is 2.49. The first kappa shape index (κ1) is 16.7. The predicted molar refractivity (Wildman–Crippen MR) is 79.5 cm³/mol. The van der Waals surface area contributed by atoms with Gasteiger partial charge in [0.05, 0.1) is 13.2 Å². The van der Waals surface area contributed by atoms with Crippen LogP contribution in [0.3, 0.4) is 0 Å². The van der Waals surface area contributed by atoms with E-state index in [1.807, 2.05) is 30.3 Å². The molecule has 1 N–H and O–H groups in total. The van der Waals surface area contributed by atoms with Gasteiger partial charge in [0.15, 0.2) is 5.54 Å². The number of unbranched alkanes of at least 4 members (excludes halogenated alkanes) is 1. The van der Waals surface area contributed by atoms with Gasteiger partial charge in [-0.3, -0.25) is 5.32 Å². The molecule has 112 valence electrons. The Morgan fingerprint density at radius 3 is 2.50 bits per heavy atom. The lowest BCUT2D eigenvalue weighted by Crippen LogP contribution is -2.52. The van der Waals surface area contributed by atoms with Crippen molar-refractivity contribution >= 4 is 5.97 Å². The van der Waals surface area contributed by atoms with Gasteiger partial charge in [0.1, 0.15) is 0 Å². The normalized spacial score (nSPS) is 13.8. The number of nitrogens with one attached hydrogen (secondary N) is 1. The summed E-state index contributed by atoms with van der Waals surface area (Å²) in [7, 11) is 1.76. The number of likely N-dealkylation sites (N-methyl/N-ethyl adjacent to an activating group) is 1. The lowest BCUT2D eigenvalue weighted by atomic mass is 9.91. The van der Waals surface area contributed by atoms with E-state index in [0.29, 0.717) is 13.2 Å². The van der Waals surface area contributed by atoms with Gasteiger partial charge >= 0.3 is 5.97 Å². The van der Waals surface area contributed by atoms with Crippen LogP contribution in [0.1, 0.15) is 32.3 Å². The molecule has 1 aromatic rings. The summed E-state index contributed by atoms with van der Waals surface area (Å²) in [6, 6.07) is 9.57. The Kier molecular flexibility index (Phi) is 7.26. The Labute approximate surface area is 121 Å². The van der Waals surface area contributed by atoms with Gasteiger partial charge < -0.3 is 9.47 Å². The van der Waals surface area contributed by atoms with Crippen LogP contribution in [-0.2, 0) is 19.8 Å². The van der Waals surface area contributed by atoms with Crippen LogP contribution in [0, 0.1) is 0 Å². The largest absolute Gasteiger partial charge is 0.464 e.